The Balaban J connectivity index is 0.00000133. The largest absolute Gasteiger partial charge is 0.368 e. The van der Waals surface area contributed by atoms with Crippen LogP contribution in [0.25, 0.3) is 0 Å². The van der Waals surface area contributed by atoms with Gasteiger partial charge < -0.3 is 10.2 Å². The van der Waals surface area contributed by atoms with Crippen LogP contribution in [0.5, 0.6) is 0 Å². The summed E-state index contributed by atoms with van der Waals surface area (Å²) in [5.41, 5.74) is 1.75. The second-order valence-corrected chi connectivity index (χ2v) is 5.63. The zero-order chi connectivity index (χ0) is 12.4. The minimum absolute atomic E-state index is 0. The van der Waals surface area contributed by atoms with E-state index in [0.29, 0.717) is 5.41 Å². The second-order valence-electron chi connectivity index (χ2n) is 5.63. The average Bonchev–Trinajstić information content (AvgIpc) is 2.83. The summed E-state index contributed by atoms with van der Waals surface area (Å²) in [5.74, 6) is 0.939. The molecule has 2 aliphatic rings. The molecule has 3 rings (SSSR count). The first-order valence-corrected chi connectivity index (χ1v) is 7.08. The summed E-state index contributed by atoms with van der Waals surface area (Å²) in [7, 11) is 0. The van der Waals surface area contributed by atoms with Gasteiger partial charge in [0.15, 0.2) is 0 Å². The Labute approximate surface area is 121 Å². The molecular weight excluding hydrogens is 260 g/mol. The maximum Gasteiger partial charge on any atom is 0.128 e. The van der Waals surface area contributed by atoms with Gasteiger partial charge in [-0.1, -0.05) is 6.92 Å². The van der Waals surface area contributed by atoms with Gasteiger partial charge in [0.05, 0.1) is 18.1 Å². The third kappa shape index (κ3) is 3.00. The summed E-state index contributed by atoms with van der Waals surface area (Å²) < 4.78 is 0. The molecule has 0 bridgehead atoms. The lowest BCUT2D eigenvalue weighted by molar-refractivity contribution is 0.232. The highest BCUT2D eigenvalue weighted by molar-refractivity contribution is 5.85. The van der Waals surface area contributed by atoms with Crippen molar-refractivity contribution in [3.63, 3.8) is 0 Å². The zero-order valence-corrected chi connectivity index (χ0v) is 12.4. The molecule has 5 heteroatoms. The van der Waals surface area contributed by atoms with Crippen molar-refractivity contribution in [2.45, 2.75) is 32.6 Å². The van der Waals surface area contributed by atoms with Crippen molar-refractivity contribution in [2.75, 3.05) is 31.1 Å². The van der Waals surface area contributed by atoms with Gasteiger partial charge in [0.1, 0.15) is 5.82 Å². The molecule has 0 unspecified atom stereocenters. The van der Waals surface area contributed by atoms with Gasteiger partial charge in [-0.2, -0.15) is 0 Å². The molecule has 0 amide bonds. The number of nitrogens with one attached hydrogen (secondary N) is 1. The number of rotatable bonds is 2. The highest BCUT2D eigenvalue weighted by atomic mass is 35.5. The quantitative estimate of drug-likeness (QED) is 0.901. The van der Waals surface area contributed by atoms with Gasteiger partial charge in [0.25, 0.3) is 0 Å². The van der Waals surface area contributed by atoms with Gasteiger partial charge in [-0.05, 0) is 37.8 Å². The molecule has 4 nitrogen and oxygen atoms in total. The molecule has 0 saturated carbocycles. The lowest BCUT2D eigenvalue weighted by Crippen LogP contribution is -2.38. The topological polar surface area (TPSA) is 41.1 Å². The molecule has 106 valence electrons. The first-order valence-electron chi connectivity index (χ1n) is 7.08. The molecule has 0 atom stereocenters. The fourth-order valence-electron chi connectivity index (χ4n) is 3.21. The minimum atomic E-state index is 0. The second kappa shape index (κ2) is 6.06. The number of hydrogen-bond acceptors (Lipinski definition) is 4. The minimum Gasteiger partial charge on any atom is -0.368 e. The van der Waals surface area contributed by atoms with Crippen molar-refractivity contribution in [1.29, 1.82) is 0 Å². The van der Waals surface area contributed by atoms with Crippen LogP contribution in [-0.4, -0.2) is 36.1 Å². The molecule has 1 spiro atoms. The zero-order valence-electron chi connectivity index (χ0n) is 11.6. The number of piperidine rings is 1. The lowest BCUT2D eigenvalue weighted by Gasteiger charge is -2.33. The van der Waals surface area contributed by atoms with E-state index in [1.165, 1.54) is 44.6 Å². The Kier molecular flexibility index (Phi) is 4.63. The van der Waals surface area contributed by atoms with E-state index in [1.807, 2.05) is 12.4 Å². The van der Waals surface area contributed by atoms with Gasteiger partial charge in [0, 0.05) is 19.5 Å². The van der Waals surface area contributed by atoms with Crippen molar-refractivity contribution in [3.05, 3.63) is 18.2 Å². The highest BCUT2D eigenvalue weighted by Crippen LogP contribution is 2.39. The third-order valence-electron chi connectivity index (χ3n) is 4.48. The number of aryl methyl sites for hydroxylation is 1. The first-order chi connectivity index (χ1) is 8.81. The van der Waals surface area contributed by atoms with Crippen LogP contribution in [-0.2, 0) is 6.42 Å². The highest BCUT2D eigenvalue weighted by Gasteiger charge is 2.38. The first kappa shape index (κ1) is 14.5. The third-order valence-corrected chi connectivity index (χ3v) is 4.48. The van der Waals surface area contributed by atoms with Gasteiger partial charge in [-0.25, -0.2) is 9.97 Å². The fraction of sp³-hybridized carbons (Fsp3) is 0.714. The molecule has 0 radical (unpaired) electrons. The van der Waals surface area contributed by atoms with Gasteiger partial charge in [-0.3, -0.25) is 0 Å². The standard InChI is InChI=1S/C14H22N4.ClH/c1-2-13-16-9-12(10-17-13)18-8-5-14(11-18)3-6-15-7-4-14;/h9-10,15H,2-8,11H2,1H3;1H. The van der Waals surface area contributed by atoms with Gasteiger partial charge in [-0.15, -0.1) is 12.4 Å². The van der Waals surface area contributed by atoms with Gasteiger partial charge in [0.2, 0.25) is 0 Å². The predicted molar refractivity (Wildman–Crippen MR) is 80.0 cm³/mol. The van der Waals surface area contributed by atoms with E-state index in [-0.39, 0.29) is 12.4 Å². The Morgan fingerprint density at radius 1 is 1.21 bits per heavy atom. The summed E-state index contributed by atoms with van der Waals surface area (Å²) >= 11 is 0. The summed E-state index contributed by atoms with van der Waals surface area (Å²) in [6.45, 7) is 6.80. The van der Waals surface area contributed by atoms with Crippen LogP contribution in [0.4, 0.5) is 5.69 Å². The van der Waals surface area contributed by atoms with Crippen molar-refractivity contribution in [1.82, 2.24) is 15.3 Å². The molecule has 1 N–H and O–H groups in total. The normalized spacial score (nSPS) is 21.4. The maximum absolute atomic E-state index is 4.41. The fourth-order valence-corrected chi connectivity index (χ4v) is 3.21. The smallest absolute Gasteiger partial charge is 0.128 e. The number of aromatic nitrogens is 2. The Morgan fingerprint density at radius 2 is 1.89 bits per heavy atom. The van der Waals surface area contributed by atoms with E-state index in [9.17, 15) is 0 Å². The van der Waals surface area contributed by atoms with Crippen LogP contribution in [0.3, 0.4) is 0 Å². The number of anilines is 1. The van der Waals surface area contributed by atoms with Crippen molar-refractivity contribution in [3.8, 4) is 0 Å². The Hall–Kier alpha value is -0.870. The van der Waals surface area contributed by atoms with Crippen LogP contribution in [0.1, 0.15) is 32.0 Å². The van der Waals surface area contributed by atoms with Gasteiger partial charge >= 0.3 is 0 Å². The van der Waals surface area contributed by atoms with Crippen LogP contribution in [0.15, 0.2) is 12.4 Å². The summed E-state index contributed by atoms with van der Waals surface area (Å²) in [6.07, 6.45) is 8.85. The van der Waals surface area contributed by atoms with Crippen molar-refractivity contribution in [2.24, 2.45) is 5.41 Å². The van der Waals surface area contributed by atoms with E-state index in [0.717, 1.165) is 18.8 Å². The van der Waals surface area contributed by atoms with Crippen molar-refractivity contribution >= 4 is 18.1 Å². The predicted octanol–water partition coefficient (Wildman–Crippen LogP) is 2.04. The van der Waals surface area contributed by atoms with E-state index in [4.69, 9.17) is 0 Å². The molecule has 1 aromatic heterocycles. The summed E-state index contributed by atoms with van der Waals surface area (Å²) in [5, 5.41) is 3.46. The van der Waals surface area contributed by atoms with Crippen LogP contribution in [0.2, 0.25) is 0 Å². The lowest BCUT2D eigenvalue weighted by atomic mass is 9.78. The monoisotopic (exact) mass is 282 g/mol. The summed E-state index contributed by atoms with van der Waals surface area (Å²) in [4.78, 5) is 11.3. The van der Waals surface area contributed by atoms with Crippen LogP contribution >= 0.6 is 12.4 Å². The van der Waals surface area contributed by atoms with Crippen LogP contribution in [0, 0.1) is 5.41 Å². The molecule has 3 heterocycles. The number of hydrogen-bond donors (Lipinski definition) is 1. The SMILES string of the molecule is CCc1ncc(N2CCC3(CCNCC3)C2)cn1.Cl. The van der Waals surface area contributed by atoms with E-state index < -0.39 is 0 Å². The number of nitrogens with zero attached hydrogens (tertiary/aromatic N) is 3. The average molecular weight is 283 g/mol. The maximum atomic E-state index is 4.41. The Bertz CT molecular complexity index is 400. The van der Waals surface area contributed by atoms with Crippen LogP contribution < -0.4 is 10.2 Å². The Morgan fingerprint density at radius 3 is 2.53 bits per heavy atom. The van der Waals surface area contributed by atoms with Crippen molar-refractivity contribution < 1.29 is 0 Å². The van der Waals surface area contributed by atoms with E-state index in [1.54, 1.807) is 0 Å². The molecular formula is C14H23ClN4. The molecule has 2 fully saturated rings. The van der Waals surface area contributed by atoms with E-state index >= 15 is 0 Å². The molecule has 19 heavy (non-hydrogen) atoms. The molecule has 2 saturated heterocycles. The molecule has 2 aliphatic heterocycles. The molecule has 0 aromatic carbocycles. The number of halogens is 1. The van der Waals surface area contributed by atoms with E-state index in [2.05, 4.69) is 27.1 Å². The summed E-state index contributed by atoms with van der Waals surface area (Å²) in [6, 6.07) is 0. The molecule has 1 aromatic rings. The molecule has 0 aliphatic carbocycles.